The van der Waals surface area contributed by atoms with Crippen LogP contribution in [0.5, 0.6) is 0 Å². The zero-order chi connectivity index (χ0) is 20.6. The molecule has 0 N–H and O–H groups in total. The first-order valence-electron chi connectivity index (χ1n) is 9.33. The summed E-state index contributed by atoms with van der Waals surface area (Å²) in [6.45, 7) is -0.414. The van der Waals surface area contributed by atoms with Crippen LogP contribution in [0.1, 0.15) is 12.0 Å². The summed E-state index contributed by atoms with van der Waals surface area (Å²) in [6, 6.07) is 11.3. The molecule has 0 saturated carbocycles. The molecule has 29 heavy (non-hydrogen) atoms. The molecule has 3 aromatic rings. The van der Waals surface area contributed by atoms with Crippen molar-refractivity contribution >= 4 is 43.5 Å². The minimum Gasteiger partial charge on any atom is -0.464 e. The van der Waals surface area contributed by atoms with Gasteiger partial charge in [0.25, 0.3) is 5.91 Å². The van der Waals surface area contributed by atoms with E-state index in [-0.39, 0.29) is 24.0 Å². The van der Waals surface area contributed by atoms with Gasteiger partial charge in [-0.1, -0.05) is 30.3 Å². The van der Waals surface area contributed by atoms with Gasteiger partial charge in [0.15, 0.2) is 16.4 Å². The van der Waals surface area contributed by atoms with E-state index in [1.165, 1.54) is 18.2 Å². The Morgan fingerprint density at radius 1 is 1.21 bits per heavy atom. The van der Waals surface area contributed by atoms with Crippen molar-refractivity contribution in [3.63, 3.8) is 0 Å². The second-order valence-corrected chi connectivity index (χ2v) is 9.55. The minimum absolute atomic E-state index is 0.0180. The van der Waals surface area contributed by atoms with Crippen molar-refractivity contribution in [2.45, 2.75) is 18.9 Å². The topological polar surface area (TPSA) is 93.9 Å². The van der Waals surface area contributed by atoms with Crippen molar-refractivity contribution in [3.8, 4) is 0 Å². The van der Waals surface area contributed by atoms with E-state index < -0.39 is 28.3 Å². The van der Waals surface area contributed by atoms with Gasteiger partial charge in [0.1, 0.15) is 5.58 Å². The Kier molecular flexibility index (Phi) is 5.04. The summed E-state index contributed by atoms with van der Waals surface area (Å²) in [7, 11) is -1.55. The summed E-state index contributed by atoms with van der Waals surface area (Å²) in [5.41, 5.74) is 1.38. The van der Waals surface area contributed by atoms with Crippen molar-refractivity contribution in [3.05, 3.63) is 48.2 Å². The molecule has 4 rings (SSSR count). The molecule has 1 amide bonds. The molecule has 8 heteroatoms. The van der Waals surface area contributed by atoms with E-state index in [4.69, 9.17) is 9.15 Å². The quantitative estimate of drug-likeness (QED) is 0.594. The van der Waals surface area contributed by atoms with E-state index in [0.717, 1.165) is 16.2 Å². The first kappa shape index (κ1) is 19.4. The normalized spacial score (nSPS) is 18.2. The fourth-order valence-electron chi connectivity index (χ4n) is 3.74. The van der Waals surface area contributed by atoms with Crippen molar-refractivity contribution in [2.24, 2.45) is 0 Å². The molecule has 1 saturated heterocycles. The van der Waals surface area contributed by atoms with E-state index in [2.05, 4.69) is 0 Å². The summed E-state index contributed by atoms with van der Waals surface area (Å²) < 4.78 is 33.9. The van der Waals surface area contributed by atoms with Crippen molar-refractivity contribution in [1.82, 2.24) is 4.90 Å². The van der Waals surface area contributed by atoms with E-state index in [0.29, 0.717) is 17.6 Å². The van der Waals surface area contributed by atoms with E-state index in [1.54, 1.807) is 0 Å². The predicted octanol–water partition coefficient (Wildman–Crippen LogP) is 2.32. The summed E-state index contributed by atoms with van der Waals surface area (Å²) in [4.78, 5) is 25.9. The number of carbonyl (C=O) groups is 2. The molecular weight excluding hydrogens is 394 g/mol. The Labute approximate surface area is 168 Å². The lowest BCUT2D eigenvalue weighted by Crippen LogP contribution is -2.40. The number of benzene rings is 2. The number of fused-ring (bicyclic) bond motifs is 3. The SMILES string of the molecule is CN(C(=O)COC(=O)Cc1coc2ccc3ccccc3c12)[C@H]1CCS(=O)(=O)C1. The number of carbonyl (C=O) groups excluding carboxylic acids is 2. The van der Waals surface area contributed by atoms with Crippen molar-refractivity contribution in [1.29, 1.82) is 0 Å². The summed E-state index contributed by atoms with van der Waals surface area (Å²) in [6.07, 6.45) is 1.93. The predicted molar refractivity (Wildman–Crippen MR) is 108 cm³/mol. The van der Waals surface area contributed by atoms with Crippen LogP contribution < -0.4 is 0 Å². The lowest BCUT2D eigenvalue weighted by molar-refractivity contribution is -0.151. The van der Waals surface area contributed by atoms with Gasteiger partial charge < -0.3 is 14.1 Å². The summed E-state index contributed by atoms with van der Waals surface area (Å²) >= 11 is 0. The van der Waals surface area contributed by atoms with Gasteiger partial charge in [-0.05, 0) is 23.3 Å². The highest BCUT2D eigenvalue weighted by Gasteiger charge is 2.33. The molecule has 1 fully saturated rings. The van der Waals surface area contributed by atoms with Crippen LogP contribution in [0.25, 0.3) is 21.7 Å². The van der Waals surface area contributed by atoms with Crippen LogP contribution in [0.15, 0.2) is 47.1 Å². The number of hydrogen-bond donors (Lipinski definition) is 0. The maximum Gasteiger partial charge on any atom is 0.310 e. The molecule has 2 aromatic carbocycles. The van der Waals surface area contributed by atoms with Gasteiger partial charge in [-0.2, -0.15) is 0 Å². The van der Waals surface area contributed by atoms with Gasteiger partial charge in [-0.25, -0.2) is 8.42 Å². The fourth-order valence-corrected chi connectivity index (χ4v) is 5.51. The number of hydrogen-bond acceptors (Lipinski definition) is 6. The summed E-state index contributed by atoms with van der Waals surface area (Å²) in [5, 5.41) is 2.89. The van der Waals surface area contributed by atoms with Crippen molar-refractivity contribution in [2.75, 3.05) is 25.2 Å². The van der Waals surface area contributed by atoms with E-state index >= 15 is 0 Å². The molecule has 1 aliphatic heterocycles. The lowest BCUT2D eigenvalue weighted by atomic mass is 10.0. The van der Waals surface area contributed by atoms with Gasteiger partial charge in [-0.15, -0.1) is 0 Å². The van der Waals surface area contributed by atoms with Crippen molar-refractivity contribution < 1.29 is 27.2 Å². The number of esters is 1. The first-order valence-corrected chi connectivity index (χ1v) is 11.2. The molecule has 0 radical (unpaired) electrons. The largest absolute Gasteiger partial charge is 0.464 e. The molecule has 2 heterocycles. The first-order chi connectivity index (χ1) is 13.8. The van der Waals surface area contributed by atoms with Gasteiger partial charge in [0, 0.05) is 24.0 Å². The third kappa shape index (κ3) is 3.98. The zero-order valence-electron chi connectivity index (χ0n) is 16.0. The van der Waals surface area contributed by atoms with Crippen LogP contribution in [-0.2, 0) is 30.6 Å². The maximum atomic E-state index is 12.3. The third-order valence-electron chi connectivity index (χ3n) is 5.38. The number of furan rings is 1. The Bertz CT molecular complexity index is 1200. The fraction of sp³-hybridized carbons (Fsp3) is 0.333. The molecule has 1 atom stereocenters. The molecular formula is C21H21NO6S. The Balaban J connectivity index is 1.41. The van der Waals surface area contributed by atoms with E-state index in [9.17, 15) is 18.0 Å². The second-order valence-electron chi connectivity index (χ2n) is 7.32. The highest BCUT2D eigenvalue weighted by atomic mass is 32.2. The molecule has 1 aromatic heterocycles. The number of rotatable bonds is 5. The molecule has 7 nitrogen and oxygen atoms in total. The molecule has 0 aliphatic carbocycles. The molecule has 0 bridgehead atoms. The summed E-state index contributed by atoms with van der Waals surface area (Å²) in [5.74, 6) is -0.919. The number of amides is 1. The van der Waals surface area contributed by atoms with Gasteiger partial charge in [0.05, 0.1) is 24.2 Å². The Hall–Kier alpha value is -2.87. The monoisotopic (exact) mass is 415 g/mol. The minimum atomic E-state index is -3.09. The van der Waals surface area contributed by atoms with Crippen LogP contribution in [0.4, 0.5) is 0 Å². The van der Waals surface area contributed by atoms with Gasteiger partial charge in [-0.3, -0.25) is 9.59 Å². The smallest absolute Gasteiger partial charge is 0.310 e. The molecule has 0 unspecified atom stereocenters. The van der Waals surface area contributed by atoms with Gasteiger partial charge in [0.2, 0.25) is 0 Å². The van der Waals surface area contributed by atoms with Gasteiger partial charge >= 0.3 is 5.97 Å². The average molecular weight is 415 g/mol. The van der Waals surface area contributed by atoms with Crippen LogP contribution in [0.3, 0.4) is 0 Å². The van der Waals surface area contributed by atoms with E-state index in [1.807, 2.05) is 36.4 Å². The zero-order valence-corrected chi connectivity index (χ0v) is 16.8. The average Bonchev–Trinajstić information content (AvgIpc) is 3.28. The molecule has 152 valence electrons. The molecule has 1 aliphatic rings. The number of sulfone groups is 1. The number of nitrogens with zero attached hydrogens (tertiary/aromatic N) is 1. The molecule has 0 spiro atoms. The number of ether oxygens (including phenoxy) is 1. The van der Waals surface area contributed by atoms with Crippen LogP contribution in [0, 0.1) is 0 Å². The highest BCUT2D eigenvalue weighted by molar-refractivity contribution is 7.91. The van der Waals surface area contributed by atoms with Crippen LogP contribution in [0.2, 0.25) is 0 Å². The Morgan fingerprint density at radius 2 is 2.00 bits per heavy atom. The van der Waals surface area contributed by atoms with Crippen LogP contribution in [-0.4, -0.2) is 56.4 Å². The maximum absolute atomic E-state index is 12.3. The third-order valence-corrected chi connectivity index (χ3v) is 7.13. The standard InChI is InChI=1S/C21H21NO6S/c1-22(16-8-9-29(25,26)13-16)19(23)12-28-20(24)10-15-11-27-18-7-6-14-4-2-3-5-17(14)21(15)18/h2-7,11,16H,8-10,12-13H2,1H3/t16-/m0/s1. The second kappa shape index (κ2) is 7.51. The van der Waals surface area contributed by atoms with Crippen LogP contribution >= 0.6 is 0 Å². The highest BCUT2D eigenvalue weighted by Crippen LogP contribution is 2.30. The lowest BCUT2D eigenvalue weighted by Gasteiger charge is -2.23. The Morgan fingerprint density at radius 3 is 2.76 bits per heavy atom. The number of likely N-dealkylation sites (N-methyl/N-ethyl adjacent to an activating group) is 1.